The summed E-state index contributed by atoms with van der Waals surface area (Å²) in [4.78, 5) is 19.0. The van der Waals surface area contributed by atoms with Gasteiger partial charge in [-0.1, -0.05) is 19.1 Å². The number of carbonyl (C=O) groups excluding carboxylic acids is 1. The zero-order chi connectivity index (χ0) is 19.6. The van der Waals surface area contributed by atoms with E-state index in [0.717, 1.165) is 21.2 Å². The van der Waals surface area contributed by atoms with Gasteiger partial charge in [-0.05, 0) is 17.9 Å². The molecule has 1 aliphatic heterocycles. The van der Waals surface area contributed by atoms with E-state index in [1.54, 1.807) is 17.8 Å². The Morgan fingerprint density at radius 3 is 2.81 bits per heavy atom. The van der Waals surface area contributed by atoms with Gasteiger partial charge in [-0.15, -0.1) is 23.1 Å². The van der Waals surface area contributed by atoms with Crippen LogP contribution in [0.15, 0.2) is 29.2 Å². The van der Waals surface area contributed by atoms with Crippen molar-refractivity contribution < 1.29 is 13.2 Å². The van der Waals surface area contributed by atoms with Crippen LogP contribution in [0.2, 0.25) is 0 Å². The van der Waals surface area contributed by atoms with Crippen molar-refractivity contribution in [3.63, 3.8) is 0 Å². The molecule has 0 unspecified atom stereocenters. The van der Waals surface area contributed by atoms with Crippen molar-refractivity contribution in [1.29, 1.82) is 0 Å². The second-order valence-electron chi connectivity index (χ2n) is 6.15. The maximum Gasteiger partial charge on any atom is 0.281 e. The number of thioether (sulfide) groups is 1. The van der Waals surface area contributed by atoms with Gasteiger partial charge in [0.2, 0.25) is 0 Å². The number of anilines is 1. The van der Waals surface area contributed by atoms with Gasteiger partial charge in [0.05, 0.1) is 17.8 Å². The second-order valence-corrected chi connectivity index (χ2v) is 10.7. The molecule has 1 aromatic carbocycles. The molecule has 1 N–H and O–H groups in total. The minimum atomic E-state index is -3.46. The van der Waals surface area contributed by atoms with Crippen molar-refractivity contribution in [1.82, 2.24) is 13.6 Å². The van der Waals surface area contributed by atoms with Crippen LogP contribution in [0.25, 0.3) is 0 Å². The first-order valence-electron chi connectivity index (χ1n) is 8.52. The van der Waals surface area contributed by atoms with Crippen LogP contribution in [0, 0.1) is 0 Å². The lowest BCUT2D eigenvalue weighted by Gasteiger charge is -2.27. The second kappa shape index (κ2) is 8.27. The zero-order valence-corrected chi connectivity index (χ0v) is 17.9. The molecule has 0 radical (unpaired) electrons. The average molecular weight is 427 g/mol. The number of nitrogens with one attached hydrogen (secondary N) is 1. The summed E-state index contributed by atoms with van der Waals surface area (Å²) in [6, 6.07) is 7.48. The van der Waals surface area contributed by atoms with Gasteiger partial charge in [0.25, 0.3) is 16.1 Å². The fourth-order valence-electron chi connectivity index (χ4n) is 2.75. The van der Waals surface area contributed by atoms with Gasteiger partial charge >= 0.3 is 0 Å². The van der Waals surface area contributed by atoms with Crippen LogP contribution in [-0.4, -0.2) is 54.3 Å². The van der Waals surface area contributed by atoms with Gasteiger partial charge in [-0.2, -0.15) is 17.0 Å². The molecule has 146 valence electrons. The van der Waals surface area contributed by atoms with Gasteiger partial charge in [-0.25, -0.2) is 4.98 Å². The van der Waals surface area contributed by atoms with Crippen molar-refractivity contribution in [2.75, 3.05) is 31.7 Å². The highest BCUT2D eigenvalue weighted by molar-refractivity contribution is 7.99. The first kappa shape index (κ1) is 20.3. The number of hydrogen-bond acceptors (Lipinski definition) is 6. The summed E-state index contributed by atoms with van der Waals surface area (Å²) in [5, 5.41) is 3.37. The first-order valence-corrected chi connectivity index (χ1v) is 11.7. The smallest absolute Gasteiger partial charge is 0.281 e. The Kier molecular flexibility index (Phi) is 6.21. The molecule has 2 heterocycles. The molecule has 0 saturated carbocycles. The minimum absolute atomic E-state index is 0.199. The molecule has 0 spiro atoms. The Morgan fingerprint density at radius 2 is 2.11 bits per heavy atom. The number of amides is 1. The summed E-state index contributed by atoms with van der Waals surface area (Å²) in [6.45, 7) is 2.72. The molecule has 1 aliphatic rings. The van der Waals surface area contributed by atoms with E-state index in [1.165, 1.54) is 34.0 Å². The summed E-state index contributed by atoms with van der Waals surface area (Å²) in [6.07, 6.45) is 0.539. The highest BCUT2D eigenvalue weighted by Gasteiger charge is 2.30. The number of rotatable bonds is 6. The molecular weight excluding hydrogens is 404 g/mol. The lowest BCUT2D eigenvalue weighted by Crippen LogP contribution is -2.42. The van der Waals surface area contributed by atoms with Crippen molar-refractivity contribution in [3.8, 4) is 0 Å². The fraction of sp³-hybridized carbons (Fsp3) is 0.412. The average Bonchev–Trinajstić information content (AvgIpc) is 3.03. The molecule has 10 heteroatoms. The van der Waals surface area contributed by atoms with Crippen LogP contribution in [0.5, 0.6) is 0 Å². The molecule has 0 bridgehead atoms. The number of aromatic nitrogens is 1. The molecule has 1 aromatic heterocycles. The Labute approximate surface area is 168 Å². The lowest BCUT2D eigenvalue weighted by molar-refractivity contribution is 0.102. The lowest BCUT2D eigenvalue weighted by atomic mass is 10.2. The standard InChI is InChI=1S/C17H22N4O3S3/c1-4-25-14-8-6-5-7-12(14)16(22)19-17-18-13-9-10-21(11-15(13)26-17)27(23,24)20(2)3/h5-8H,4,9-11H2,1-3H3,(H,18,19,22). The predicted molar refractivity (Wildman–Crippen MR) is 110 cm³/mol. The van der Waals surface area contributed by atoms with E-state index in [9.17, 15) is 13.2 Å². The van der Waals surface area contributed by atoms with E-state index < -0.39 is 10.2 Å². The van der Waals surface area contributed by atoms with Crippen molar-refractivity contribution in [2.45, 2.75) is 24.8 Å². The van der Waals surface area contributed by atoms with Crippen LogP contribution in [-0.2, 0) is 23.2 Å². The Bertz CT molecular complexity index is 941. The van der Waals surface area contributed by atoms with Gasteiger partial charge in [-0.3, -0.25) is 10.1 Å². The van der Waals surface area contributed by atoms with E-state index in [4.69, 9.17) is 0 Å². The Morgan fingerprint density at radius 1 is 1.37 bits per heavy atom. The summed E-state index contributed by atoms with van der Waals surface area (Å²) >= 11 is 2.95. The molecule has 0 saturated heterocycles. The van der Waals surface area contributed by atoms with Crippen LogP contribution >= 0.6 is 23.1 Å². The largest absolute Gasteiger partial charge is 0.298 e. The molecule has 7 nitrogen and oxygen atoms in total. The van der Waals surface area contributed by atoms with Crippen LogP contribution in [0.3, 0.4) is 0 Å². The van der Waals surface area contributed by atoms with Crippen LogP contribution in [0.4, 0.5) is 5.13 Å². The maximum absolute atomic E-state index is 12.7. The topological polar surface area (TPSA) is 82.6 Å². The zero-order valence-electron chi connectivity index (χ0n) is 15.4. The van der Waals surface area contributed by atoms with E-state index in [1.807, 2.05) is 25.1 Å². The number of fused-ring (bicyclic) bond motifs is 1. The van der Waals surface area contributed by atoms with Crippen molar-refractivity contribution in [3.05, 3.63) is 40.4 Å². The molecule has 0 fully saturated rings. The summed E-state index contributed by atoms with van der Waals surface area (Å²) in [7, 11) is -0.410. The summed E-state index contributed by atoms with van der Waals surface area (Å²) in [5.41, 5.74) is 1.48. The third-order valence-electron chi connectivity index (χ3n) is 4.14. The molecule has 3 rings (SSSR count). The van der Waals surface area contributed by atoms with Crippen LogP contribution < -0.4 is 5.32 Å². The molecule has 1 amide bonds. The number of thiazole rings is 1. The molecule has 0 aliphatic carbocycles. The SMILES string of the molecule is CCSc1ccccc1C(=O)Nc1nc2c(s1)CN(S(=O)(=O)N(C)C)CC2. The van der Waals surface area contributed by atoms with Gasteiger partial charge in [0.1, 0.15) is 0 Å². The third-order valence-corrected chi connectivity index (χ3v) is 7.98. The molecular formula is C17H22N4O3S3. The number of nitrogens with zero attached hydrogens (tertiary/aromatic N) is 3. The van der Waals surface area contributed by atoms with Crippen molar-refractivity contribution in [2.24, 2.45) is 0 Å². The van der Waals surface area contributed by atoms with Crippen LogP contribution in [0.1, 0.15) is 27.9 Å². The fourth-order valence-corrected chi connectivity index (χ4v) is 5.73. The predicted octanol–water partition coefficient (Wildman–Crippen LogP) is 2.67. The third kappa shape index (κ3) is 4.35. The molecule has 27 heavy (non-hydrogen) atoms. The van der Waals surface area contributed by atoms with Gasteiger partial charge in [0.15, 0.2) is 5.13 Å². The van der Waals surface area contributed by atoms with E-state index in [0.29, 0.717) is 23.7 Å². The normalized spacial score (nSPS) is 15.0. The molecule has 2 aromatic rings. The minimum Gasteiger partial charge on any atom is -0.298 e. The highest BCUT2D eigenvalue weighted by atomic mass is 32.2. The number of hydrogen-bond donors (Lipinski definition) is 1. The molecule has 0 atom stereocenters. The maximum atomic E-state index is 12.7. The van der Waals surface area contributed by atoms with Gasteiger partial charge < -0.3 is 0 Å². The van der Waals surface area contributed by atoms with E-state index >= 15 is 0 Å². The number of carbonyl (C=O) groups is 1. The van der Waals surface area contributed by atoms with Gasteiger partial charge in [0, 0.05) is 36.8 Å². The highest BCUT2D eigenvalue weighted by Crippen LogP contribution is 2.31. The number of benzene rings is 1. The van der Waals surface area contributed by atoms with E-state index in [-0.39, 0.29) is 12.5 Å². The Balaban J connectivity index is 1.76. The summed E-state index contributed by atoms with van der Waals surface area (Å²) in [5.74, 6) is 0.682. The summed E-state index contributed by atoms with van der Waals surface area (Å²) < 4.78 is 27.3. The first-order chi connectivity index (χ1) is 12.8. The quantitative estimate of drug-likeness (QED) is 0.718. The van der Waals surface area contributed by atoms with E-state index in [2.05, 4.69) is 10.3 Å². The monoisotopic (exact) mass is 426 g/mol. The van der Waals surface area contributed by atoms with Crippen molar-refractivity contribution >= 4 is 44.3 Å². The Hall–Kier alpha value is -1.46.